The van der Waals surface area contributed by atoms with Gasteiger partial charge < -0.3 is 16.0 Å². The van der Waals surface area contributed by atoms with Crippen LogP contribution in [0.1, 0.15) is 68.9 Å². The molecule has 2 aliphatic rings. The Morgan fingerprint density at radius 3 is 2.71 bits per heavy atom. The number of nitrogens with one attached hydrogen (secondary N) is 3. The zero-order valence-corrected chi connectivity index (χ0v) is 22.0. The Kier molecular flexibility index (Phi) is 7.46. The van der Waals surface area contributed by atoms with Crippen molar-refractivity contribution in [3.05, 3.63) is 32.6 Å². The van der Waals surface area contributed by atoms with Crippen molar-refractivity contribution in [1.82, 2.24) is 25.9 Å². The molecule has 0 spiro atoms. The van der Waals surface area contributed by atoms with E-state index in [9.17, 15) is 14.4 Å². The smallest absolute Gasteiger partial charge is 0.270 e. The van der Waals surface area contributed by atoms with Gasteiger partial charge in [0.15, 0.2) is 0 Å². The van der Waals surface area contributed by atoms with Gasteiger partial charge in [-0.1, -0.05) is 6.92 Å². The normalized spacial score (nSPS) is 19.0. The molecule has 2 aliphatic heterocycles. The molecule has 0 saturated heterocycles. The van der Waals surface area contributed by atoms with E-state index in [1.165, 1.54) is 22.7 Å². The van der Waals surface area contributed by atoms with Crippen molar-refractivity contribution in [3.8, 4) is 10.7 Å². The molecule has 0 radical (unpaired) electrons. The largest absolute Gasteiger partial charge is 0.351 e. The van der Waals surface area contributed by atoms with Crippen molar-refractivity contribution >= 4 is 46.1 Å². The summed E-state index contributed by atoms with van der Waals surface area (Å²) >= 11 is 2.79. The average molecular weight is 515 g/mol. The van der Waals surface area contributed by atoms with Crippen LogP contribution in [0.2, 0.25) is 0 Å². The molecule has 186 valence electrons. The van der Waals surface area contributed by atoms with Gasteiger partial charge in [0.25, 0.3) is 11.8 Å². The van der Waals surface area contributed by atoms with E-state index in [1.807, 2.05) is 33.1 Å². The molecule has 11 heteroatoms. The Morgan fingerprint density at radius 2 is 2.00 bits per heavy atom. The van der Waals surface area contributed by atoms with Crippen LogP contribution in [0.3, 0.4) is 0 Å². The zero-order valence-electron chi connectivity index (χ0n) is 20.4. The Morgan fingerprint density at radius 1 is 1.20 bits per heavy atom. The maximum absolute atomic E-state index is 12.8. The highest BCUT2D eigenvalue weighted by atomic mass is 32.1. The van der Waals surface area contributed by atoms with Crippen LogP contribution in [0.5, 0.6) is 0 Å². The Hall–Kier alpha value is -2.92. The lowest BCUT2D eigenvalue weighted by atomic mass is 9.89. The molecule has 2 aromatic rings. The maximum atomic E-state index is 12.8. The lowest BCUT2D eigenvalue weighted by Crippen LogP contribution is -2.39. The van der Waals surface area contributed by atoms with E-state index >= 15 is 0 Å². The maximum Gasteiger partial charge on any atom is 0.270 e. The van der Waals surface area contributed by atoms with Crippen LogP contribution < -0.4 is 16.0 Å². The molecule has 9 nitrogen and oxygen atoms in total. The number of aliphatic imine (C=N–C) groups is 1. The van der Waals surface area contributed by atoms with Gasteiger partial charge in [-0.2, -0.15) is 0 Å². The third kappa shape index (κ3) is 5.67. The van der Waals surface area contributed by atoms with Gasteiger partial charge >= 0.3 is 0 Å². The van der Waals surface area contributed by atoms with Crippen LogP contribution in [0.25, 0.3) is 10.7 Å². The van der Waals surface area contributed by atoms with Crippen LogP contribution in [0.4, 0.5) is 0 Å². The van der Waals surface area contributed by atoms with E-state index < -0.39 is 5.54 Å². The minimum Gasteiger partial charge on any atom is -0.351 e. The van der Waals surface area contributed by atoms with Crippen LogP contribution in [-0.2, 0) is 16.1 Å². The monoisotopic (exact) mass is 514 g/mol. The number of amides is 3. The lowest BCUT2D eigenvalue weighted by molar-refractivity contribution is -0.121. The molecule has 3 amide bonds. The first-order chi connectivity index (χ1) is 16.7. The highest BCUT2D eigenvalue weighted by Crippen LogP contribution is 2.33. The number of carbonyl (C=O) groups is 3. The quantitative estimate of drug-likeness (QED) is 0.474. The number of hydrogen-bond donors (Lipinski definition) is 3. The van der Waals surface area contributed by atoms with Crippen LogP contribution >= 0.6 is 22.7 Å². The summed E-state index contributed by atoms with van der Waals surface area (Å²) in [6.45, 7) is 8.75. The molecule has 3 N–H and O–H groups in total. The minimum atomic E-state index is -0.599. The molecule has 4 rings (SSSR count). The van der Waals surface area contributed by atoms with E-state index in [0.717, 1.165) is 35.6 Å². The summed E-state index contributed by atoms with van der Waals surface area (Å²) in [5, 5.41) is 13.7. The molecular formula is C24H30N6O3S2. The fourth-order valence-corrected chi connectivity index (χ4v) is 5.68. The molecule has 0 unspecified atom stereocenters. The minimum absolute atomic E-state index is 0.120. The summed E-state index contributed by atoms with van der Waals surface area (Å²) < 4.78 is 0. The SMILES string of the molecule is CCCNC(=O)c1csc(-c2csc(CNC(=O)CC3=C(C4=N[C@@H](C)CC4)C(=O)NC3(C)C)n2)n1. The third-order valence-corrected chi connectivity index (χ3v) is 7.70. The number of aromatic nitrogens is 2. The fourth-order valence-electron chi connectivity index (χ4n) is 4.13. The van der Waals surface area contributed by atoms with Crippen molar-refractivity contribution in [3.63, 3.8) is 0 Å². The van der Waals surface area contributed by atoms with Gasteiger partial charge in [0.05, 0.1) is 24.1 Å². The number of nitrogens with zero attached hydrogens (tertiary/aromatic N) is 3. The number of carbonyl (C=O) groups excluding carboxylic acids is 3. The van der Waals surface area contributed by atoms with Crippen LogP contribution in [-0.4, -0.2) is 51.5 Å². The molecular weight excluding hydrogens is 484 g/mol. The van der Waals surface area contributed by atoms with Gasteiger partial charge in [-0.25, -0.2) is 9.97 Å². The number of thiazole rings is 2. The van der Waals surface area contributed by atoms with Crippen LogP contribution in [0, 0.1) is 0 Å². The van der Waals surface area contributed by atoms with Crippen molar-refractivity contribution in [1.29, 1.82) is 0 Å². The lowest BCUT2D eigenvalue weighted by Gasteiger charge is -2.22. The summed E-state index contributed by atoms with van der Waals surface area (Å²) in [6, 6.07) is 0.197. The van der Waals surface area contributed by atoms with Gasteiger partial charge in [-0.15, -0.1) is 22.7 Å². The predicted octanol–water partition coefficient (Wildman–Crippen LogP) is 3.24. The van der Waals surface area contributed by atoms with E-state index in [0.29, 0.717) is 28.5 Å². The third-order valence-electron chi connectivity index (χ3n) is 5.99. The first-order valence-electron chi connectivity index (χ1n) is 11.8. The van der Waals surface area contributed by atoms with Gasteiger partial charge in [-0.05, 0) is 45.6 Å². The van der Waals surface area contributed by atoms with Gasteiger partial charge in [0, 0.05) is 29.1 Å². The van der Waals surface area contributed by atoms with E-state index in [4.69, 9.17) is 0 Å². The topological polar surface area (TPSA) is 125 Å². The van der Waals surface area contributed by atoms with Crippen molar-refractivity contribution in [2.45, 2.75) is 71.5 Å². The summed E-state index contributed by atoms with van der Waals surface area (Å²) in [4.78, 5) is 51.2. The molecule has 0 aliphatic carbocycles. The summed E-state index contributed by atoms with van der Waals surface area (Å²) in [6.07, 6.45) is 2.66. The number of rotatable bonds is 9. The molecule has 1 atom stereocenters. The Balaban J connectivity index is 1.39. The van der Waals surface area contributed by atoms with Gasteiger partial charge in [0.1, 0.15) is 21.4 Å². The first-order valence-corrected chi connectivity index (χ1v) is 13.5. The molecule has 2 aromatic heterocycles. The highest BCUT2D eigenvalue weighted by Gasteiger charge is 2.41. The van der Waals surface area contributed by atoms with Crippen molar-refractivity contribution in [2.75, 3.05) is 6.54 Å². The second kappa shape index (κ2) is 10.4. The summed E-state index contributed by atoms with van der Waals surface area (Å²) in [5.74, 6) is -0.511. The van der Waals surface area contributed by atoms with Crippen LogP contribution in [0.15, 0.2) is 26.9 Å². The summed E-state index contributed by atoms with van der Waals surface area (Å²) in [5.41, 5.74) is 2.63. The highest BCUT2D eigenvalue weighted by molar-refractivity contribution is 7.14. The molecule has 0 aromatic carbocycles. The zero-order chi connectivity index (χ0) is 25.2. The average Bonchev–Trinajstić information content (AvgIpc) is 3.58. The standard InChI is InChI=1S/C24H30N6O3S2/c1-5-8-25-21(32)16-11-35-23(29-16)17-12-34-19(28-17)10-26-18(31)9-14-20(15-7-6-13(2)27-15)22(33)30-24(14,3)4/h11-13H,5-10H2,1-4H3,(H,25,32)(H,26,31)(H,30,33)/t13-/m0/s1. The second-order valence-corrected chi connectivity index (χ2v) is 11.1. The Bertz CT molecular complexity index is 1210. The molecule has 0 bridgehead atoms. The molecule has 35 heavy (non-hydrogen) atoms. The van der Waals surface area contributed by atoms with E-state index in [1.54, 1.807) is 5.38 Å². The van der Waals surface area contributed by atoms with E-state index in [-0.39, 0.29) is 36.7 Å². The summed E-state index contributed by atoms with van der Waals surface area (Å²) in [7, 11) is 0. The van der Waals surface area contributed by atoms with Crippen molar-refractivity contribution in [2.24, 2.45) is 4.99 Å². The number of hydrogen-bond acceptors (Lipinski definition) is 8. The fraction of sp³-hybridized carbons (Fsp3) is 0.500. The van der Waals surface area contributed by atoms with Gasteiger partial charge in [-0.3, -0.25) is 19.4 Å². The molecule has 4 heterocycles. The predicted molar refractivity (Wildman–Crippen MR) is 138 cm³/mol. The van der Waals surface area contributed by atoms with Gasteiger partial charge in [0.2, 0.25) is 5.91 Å². The molecule has 0 saturated carbocycles. The van der Waals surface area contributed by atoms with Crippen molar-refractivity contribution < 1.29 is 14.4 Å². The second-order valence-electron chi connectivity index (χ2n) is 9.27. The Labute approximate surface area is 212 Å². The van der Waals surface area contributed by atoms with E-state index in [2.05, 4.69) is 30.9 Å². The molecule has 0 fully saturated rings. The first kappa shape index (κ1) is 25.2.